The van der Waals surface area contributed by atoms with Crippen LogP contribution in [0.1, 0.15) is 38.0 Å². The zero-order valence-corrected chi connectivity index (χ0v) is 13.4. The molecular formula is C14H20BrNOS. The lowest BCUT2D eigenvalue weighted by Crippen LogP contribution is -2.52. The molecule has 0 N–H and O–H groups in total. The first-order valence-corrected chi connectivity index (χ1v) is 8.19. The van der Waals surface area contributed by atoms with Crippen LogP contribution in [0.3, 0.4) is 0 Å². The molecule has 18 heavy (non-hydrogen) atoms. The van der Waals surface area contributed by atoms with Crippen LogP contribution in [-0.4, -0.2) is 29.3 Å². The molecular weight excluding hydrogens is 310 g/mol. The summed E-state index contributed by atoms with van der Waals surface area (Å²) in [7, 11) is 0. The Balaban J connectivity index is 2.04. The Hall–Kier alpha value is -0.190. The van der Waals surface area contributed by atoms with Gasteiger partial charge in [-0.3, -0.25) is 9.69 Å². The molecule has 1 saturated heterocycles. The standard InChI is InChI=1S/C14H20BrNOS/c1-14(2,16-7-4-3-5-8-16)13(17)10-12-11(15)6-9-18-12/h6,9H,3-5,7-8,10H2,1-2H3. The summed E-state index contributed by atoms with van der Waals surface area (Å²) in [6, 6.07) is 2.02. The third-order valence-corrected chi connectivity index (χ3v) is 5.77. The number of Topliss-reactive ketones (excluding diaryl/α,β-unsaturated/α-hetero) is 1. The topological polar surface area (TPSA) is 20.3 Å². The number of carbonyl (C=O) groups is 1. The summed E-state index contributed by atoms with van der Waals surface area (Å²) >= 11 is 5.16. The fourth-order valence-corrected chi connectivity index (χ4v) is 3.93. The molecule has 1 aromatic rings. The van der Waals surface area contributed by atoms with Crippen LogP contribution in [-0.2, 0) is 11.2 Å². The van der Waals surface area contributed by atoms with Crippen LogP contribution in [0.5, 0.6) is 0 Å². The largest absolute Gasteiger partial charge is 0.297 e. The van der Waals surface area contributed by atoms with Crippen LogP contribution in [0.2, 0.25) is 0 Å². The van der Waals surface area contributed by atoms with Crippen LogP contribution in [0.25, 0.3) is 0 Å². The summed E-state index contributed by atoms with van der Waals surface area (Å²) < 4.78 is 1.07. The van der Waals surface area contributed by atoms with Crippen molar-refractivity contribution in [3.05, 3.63) is 20.8 Å². The van der Waals surface area contributed by atoms with E-state index < -0.39 is 0 Å². The Morgan fingerprint density at radius 2 is 2.06 bits per heavy atom. The molecule has 0 aliphatic carbocycles. The molecule has 0 bridgehead atoms. The van der Waals surface area contributed by atoms with Crippen LogP contribution in [0.4, 0.5) is 0 Å². The van der Waals surface area contributed by atoms with Gasteiger partial charge >= 0.3 is 0 Å². The highest BCUT2D eigenvalue weighted by Crippen LogP contribution is 2.27. The minimum atomic E-state index is -0.330. The highest BCUT2D eigenvalue weighted by molar-refractivity contribution is 9.10. The van der Waals surface area contributed by atoms with Gasteiger partial charge in [-0.15, -0.1) is 11.3 Å². The maximum Gasteiger partial charge on any atom is 0.157 e. The van der Waals surface area contributed by atoms with Crippen molar-refractivity contribution in [2.75, 3.05) is 13.1 Å². The van der Waals surface area contributed by atoms with Gasteiger partial charge in [0.05, 0.1) is 5.54 Å². The first-order chi connectivity index (χ1) is 8.51. The van der Waals surface area contributed by atoms with Gasteiger partial charge in [-0.1, -0.05) is 6.42 Å². The Morgan fingerprint density at radius 1 is 1.39 bits per heavy atom. The van der Waals surface area contributed by atoms with Crippen LogP contribution < -0.4 is 0 Å². The van der Waals surface area contributed by atoms with Crippen LogP contribution in [0, 0.1) is 0 Å². The minimum Gasteiger partial charge on any atom is -0.297 e. The van der Waals surface area contributed by atoms with Crippen molar-refractivity contribution in [3.8, 4) is 0 Å². The van der Waals surface area contributed by atoms with E-state index in [4.69, 9.17) is 0 Å². The fraction of sp³-hybridized carbons (Fsp3) is 0.643. The summed E-state index contributed by atoms with van der Waals surface area (Å²) in [4.78, 5) is 16.0. The number of thiophene rings is 1. The average Bonchev–Trinajstić information content (AvgIpc) is 2.76. The molecule has 4 heteroatoms. The number of halogens is 1. The summed E-state index contributed by atoms with van der Waals surface area (Å²) in [6.45, 7) is 6.26. The molecule has 0 atom stereocenters. The summed E-state index contributed by atoms with van der Waals surface area (Å²) in [5.74, 6) is 0.326. The predicted molar refractivity (Wildman–Crippen MR) is 80.2 cm³/mol. The molecule has 0 saturated carbocycles. The van der Waals surface area contributed by atoms with Gasteiger partial charge in [0.25, 0.3) is 0 Å². The van der Waals surface area contributed by atoms with Crippen molar-refractivity contribution in [3.63, 3.8) is 0 Å². The number of hydrogen-bond acceptors (Lipinski definition) is 3. The van der Waals surface area contributed by atoms with E-state index in [9.17, 15) is 4.79 Å². The third-order valence-electron chi connectivity index (χ3n) is 3.84. The first kappa shape index (κ1) is 14.2. The molecule has 2 rings (SSSR count). The van der Waals surface area contributed by atoms with Crippen LogP contribution in [0.15, 0.2) is 15.9 Å². The number of likely N-dealkylation sites (tertiary alicyclic amines) is 1. The van der Waals surface area contributed by atoms with Gasteiger partial charge < -0.3 is 0 Å². The Bertz CT molecular complexity index is 421. The zero-order chi connectivity index (χ0) is 13.2. The second kappa shape index (κ2) is 5.85. The molecule has 0 aromatic carbocycles. The monoisotopic (exact) mass is 329 g/mol. The van der Waals surface area contributed by atoms with Gasteiger partial charge in [-0.25, -0.2) is 0 Å². The molecule has 1 aliphatic heterocycles. The van der Waals surface area contributed by atoms with E-state index in [1.807, 2.05) is 11.4 Å². The zero-order valence-electron chi connectivity index (χ0n) is 11.0. The quantitative estimate of drug-likeness (QED) is 0.835. The number of rotatable bonds is 4. The number of carbonyl (C=O) groups excluding carboxylic acids is 1. The molecule has 0 unspecified atom stereocenters. The molecule has 1 aliphatic rings. The normalized spacial score (nSPS) is 17.9. The van der Waals surface area contributed by atoms with Crippen molar-refractivity contribution in [1.29, 1.82) is 0 Å². The van der Waals surface area contributed by atoms with Gasteiger partial charge in [0, 0.05) is 15.8 Å². The van der Waals surface area contributed by atoms with E-state index in [1.54, 1.807) is 11.3 Å². The van der Waals surface area contributed by atoms with Crippen molar-refractivity contribution < 1.29 is 4.79 Å². The average molecular weight is 330 g/mol. The van der Waals surface area contributed by atoms with Crippen molar-refractivity contribution in [1.82, 2.24) is 4.90 Å². The third kappa shape index (κ3) is 3.03. The fourth-order valence-electron chi connectivity index (χ4n) is 2.44. The second-order valence-electron chi connectivity index (χ2n) is 5.40. The van der Waals surface area contributed by atoms with E-state index in [0.717, 1.165) is 22.4 Å². The first-order valence-electron chi connectivity index (χ1n) is 6.52. The lowest BCUT2D eigenvalue weighted by Gasteiger charge is -2.39. The number of nitrogens with zero attached hydrogens (tertiary/aromatic N) is 1. The maximum atomic E-state index is 12.5. The molecule has 1 fully saturated rings. The molecule has 0 radical (unpaired) electrons. The Labute approximate surface area is 122 Å². The molecule has 2 nitrogen and oxygen atoms in total. The van der Waals surface area contributed by atoms with Gasteiger partial charge in [0.2, 0.25) is 0 Å². The summed E-state index contributed by atoms with van der Waals surface area (Å²) in [6.07, 6.45) is 4.29. The molecule has 2 heterocycles. The van der Waals surface area contributed by atoms with E-state index in [-0.39, 0.29) is 5.54 Å². The van der Waals surface area contributed by atoms with Crippen molar-refractivity contribution in [2.45, 2.75) is 45.1 Å². The SMILES string of the molecule is CC(C)(C(=O)Cc1sccc1Br)N1CCCCC1. The molecule has 1 aromatic heterocycles. The molecule has 0 amide bonds. The highest BCUT2D eigenvalue weighted by atomic mass is 79.9. The van der Waals surface area contributed by atoms with Gasteiger partial charge in [0.1, 0.15) is 0 Å². The lowest BCUT2D eigenvalue weighted by molar-refractivity contribution is -0.129. The van der Waals surface area contributed by atoms with E-state index in [2.05, 4.69) is 34.7 Å². The Kier molecular flexibility index (Phi) is 4.62. The Morgan fingerprint density at radius 3 is 2.61 bits per heavy atom. The lowest BCUT2D eigenvalue weighted by atomic mass is 9.91. The predicted octanol–water partition coefficient (Wildman–Crippen LogP) is 3.89. The minimum absolute atomic E-state index is 0.326. The number of ketones is 1. The van der Waals surface area contributed by atoms with E-state index in [1.165, 1.54) is 19.3 Å². The van der Waals surface area contributed by atoms with Gasteiger partial charge in [-0.2, -0.15) is 0 Å². The van der Waals surface area contributed by atoms with Crippen molar-refractivity contribution >= 4 is 33.0 Å². The summed E-state index contributed by atoms with van der Waals surface area (Å²) in [5.41, 5.74) is -0.330. The van der Waals surface area contributed by atoms with Gasteiger partial charge in [0.15, 0.2) is 5.78 Å². The highest BCUT2D eigenvalue weighted by Gasteiger charge is 2.34. The maximum absolute atomic E-state index is 12.5. The number of piperidine rings is 1. The summed E-state index contributed by atoms with van der Waals surface area (Å²) in [5, 5.41) is 2.03. The smallest absolute Gasteiger partial charge is 0.157 e. The van der Waals surface area contributed by atoms with Crippen molar-refractivity contribution in [2.24, 2.45) is 0 Å². The van der Waals surface area contributed by atoms with E-state index >= 15 is 0 Å². The van der Waals surface area contributed by atoms with E-state index in [0.29, 0.717) is 12.2 Å². The molecule has 0 spiro atoms. The number of hydrogen-bond donors (Lipinski definition) is 0. The van der Waals surface area contributed by atoms with Crippen LogP contribution >= 0.6 is 27.3 Å². The van der Waals surface area contributed by atoms with Gasteiger partial charge in [-0.05, 0) is 67.2 Å². The molecule has 100 valence electrons. The second-order valence-corrected chi connectivity index (χ2v) is 7.25.